The zero-order chi connectivity index (χ0) is 37.0. The minimum absolute atomic E-state index is 0.00298. The van der Waals surface area contributed by atoms with Crippen LogP contribution < -0.4 is 9.64 Å². The second-order valence-corrected chi connectivity index (χ2v) is 14.8. The molecule has 9 aromatic rings. The Hall–Kier alpha value is -7.16. The van der Waals surface area contributed by atoms with Crippen LogP contribution in [0.4, 0.5) is 17.1 Å². The first-order valence-electron chi connectivity index (χ1n) is 19.4. The van der Waals surface area contributed by atoms with Crippen molar-refractivity contribution in [2.75, 3.05) is 4.90 Å². The van der Waals surface area contributed by atoms with Crippen molar-refractivity contribution in [2.24, 2.45) is 0 Å². The van der Waals surface area contributed by atoms with E-state index in [0.29, 0.717) is 0 Å². The van der Waals surface area contributed by atoms with Crippen LogP contribution in [0.1, 0.15) is 28.7 Å². The number of rotatable bonds is 6. The lowest BCUT2D eigenvalue weighted by Crippen LogP contribution is -2.13. The molecule has 0 amide bonds. The van der Waals surface area contributed by atoms with Crippen molar-refractivity contribution < 1.29 is 4.74 Å². The highest BCUT2D eigenvalue weighted by molar-refractivity contribution is 6.08. The summed E-state index contributed by atoms with van der Waals surface area (Å²) in [5.41, 5.74) is 14.1. The topological polar surface area (TPSA) is 12.5 Å². The molecule has 1 aliphatic heterocycles. The maximum Gasteiger partial charge on any atom is 0.135 e. The summed E-state index contributed by atoms with van der Waals surface area (Å²) in [5.74, 6) is 1.23. The van der Waals surface area contributed by atoms with Gasteiger partial charge in [0.1, 0.15) is 11.9 Å². The van der Waals surface area contributed by atoms with Crippen LogP contribution in [-0.2, 0) is 0 Å². The molecule has 1 heterocycles. The van der Waals surface area contributed by atoms with Crippen LogP contribution in [0.25, 0.3) is 61.0 Å². The first kappa shape index (κ1) is 32.3. The van der Waals surface area contributed by atoms with Gasteiger partial charge in [0.2, 0.25) is 0 Å². The number of benzene rings is 9. The van der Waals surface area contributed by atoms with Gasteiger partial charge in [0.05, 0.1) is 5.69 Å². The Morgan fingerprint density at radius 1 is 0.411 bits per heavy atom. The van der Waals surface area contributed by atoms with E-state index in [0.717, 1.165) is 22.8 Å². The molecule has 2 aliphatic rings. The van der Waals surface area contributed by atoms with E-state index in [1.807, 2.05) is 0 Å². The van der Waals surface area contributed by atoms with Gasteiger partial charge >= 0.3 is 0 Å². The molecule has 0 N–H and O–H groups in total. The molecule has 9 aromatic carbocycles. The smallest absolute Gasteiger partial charge is 0.135 e. The first-order valence-corrected chi connectivity index (χ1v) is 19.4. The Kier molecular flexibility index (Phi) is 7.67. The number of hydrogen-bond acceptors (Lipinski definition) is 2. The molecule has 2 atom stereocenters. The van der Waals surface area contributed by atoms with E-state index >= 15 is 0 Å². The van der Waals surface area contributed by atoms with E-state index in [9.17, 15) is 0 Å². The molecule has 264 valence electrons. The zero-order valence-electron chi connectivity index (χ0n) is 30.7. The lowest BCUT2D eigenvalue weighted by Gasteiger charge is -2.29. The molecule has 0 bridgehead atoms. The van der Waals surface area contributed by atoms with E-state index in [-0.39, 0.29) is 12.0 Å². The summed E-state index contributed by atoms with van der Waals surface area (Å²) in [6.45, 7) is 0. The van der Waals surface area contributed by atoms with Gasteiger partial charge in [0, 0.05) is 34.0 Å². The predicted octanol–water partition coefficient (Wildman–Crippen LogP) is 14.7. The van der Waals surface area contributed by atoms with Crippen LogP contribution >= 0.6 is 0 Å². The van der Waals surface area contributed by atoms with E-state index in [2.05, 4.69) is 217 Å². The molecule has 2 unspecified atom stereocenters. The Bertz CT molecular complexity index is 2940. The van der Waals surface area contributed by atoms with E-state index in [4.69, 9.17) is 4.74 Å². The number of ether oxygens (including phenoxy) is 1. The Balaban J connectivity index is 0.990. The lowest BCUT2D eigenvalue weighted by atomic mass is 9.83. The molecule has 0 radical (unpaired) electrons. The lowest BCUT2D eigenvalue weighted by molar-refractivity contribution is 0.223. The highest BCUT2D eigenvalue weighted by atomic mass is 16.5. The van der Waals surface area contributed by atoms with Gasteiger partial charge in [-0.3, -0.25) is 0 Å². The highest BCUT2D eigenvalue weighted by Crippen LogP contribution is 2.51. The van der Waals surface area contributed by atoms with E-state index < -0.39 is 0 Å². The summed E-state index contributed by atoms with van der Waals surface area (Å²) in [7, 11) is 0. The predicted molar refractivity (Wildman–Crippen MR) is 234 cm³/mol. The summed E-state index contributed by atoms with van der Waals surface area (Å²) in [6, 6.07) is 72.5. The van der Waals surface area contributed by atoms with Gasteiger partial charge in [-0.05, 0) is 103 Å². The molecule has 0 saturated carbocycles. The molecule has 0 saturated heterocycles. The van der Waals surface area contributed by atoms with Gasteiger partial charge in [0.25, 0.3) is 0 Å². The Morgan fingerprint density at radius 3 is 1.88 bits per heavy atom. The standard InChI is InChI=1S/C54H37NO/c1-2-10-36(11-3-1)37-20-27-44(28-21-37)55(45-29-22-38(23-30-45)40-24-31-47-41(34-40)19-18-39-12-4-5-13-46(39)47)52-16-8-6-14-48(52)42-25-32-49-43(35-42)26-33-51-50-15-7-9-17-53(50)56-54(49)51/h1-35,51,54H. The maximum atomic E-state index is 6.52. The van der Waals surface area contributed by atoms with Crippen molar-refractivity contribution in [3.63, 3.8) is 0 Å². The van der Waals surface area contributed by atoms with Crippen LogP contribution in [-0.4, -0.2) is 0 Å². The maximum absolute atomic E-state index is 6.52. The van der Waals surface area contributed by atoms with Gasteiger partial charge in [-0.2, -0.15) is 0 Å². The summed E-state index contributed by atoms with van der Waals surface area (Å²) in [6.07, 6.45) is 4.59. The summed E-state index contributed by atoms with van der Waals surface area (Å²) in [4.78, 5) is 2.39. The van der Waals surface area contributed by atoms with Gasteiger partial charge in [-0.1, -0.05) is 164 Å². The Labute approximate surface area is 327 Å². The molecular weight excluding hydrogens is 679 g/mol. The van der Waals surface area contributed by atoms with Crippen LogP contribution in [0.2, 0.25) is 0 Å². The Morgan fingerprint density at radius 2 is 1.04 bits per heavy atom. The third kappa shape index (κ3) is 5.49. The average Bonchev–Trinajstić information content (AvgIpc) is 3.66. The molecule has 56 heavy (non-hydrogen) atoms. The van der Waals surface area contributed by atoms with Crippen molar-refractivity contribution in [3.8, 4) is 39.1 Å². The quantitative estimate of drug-likeness (QED) is 0.159. The third-order valence-electron chi connectivity index (χ3n) is 11.6. The monoisotopic (exact) mass is 715 g/mol. The van der Waals surface area contributed by atoms with Crippen molar-refractivity contribution in [1.82, 2.24) is 0 Å². The van der Waals surface area contributed by atoms with Crippen molar-refractivity contribution in [3.05, 3.63) is 223 Å². The van der Waals surface area contributed by atoms with Crippen LogP contribution in [0, 0.1) is 0 Å². The molecule has 11 rings (SSSR count). The van der Waals surface area contributed by atoms with Gasteiger partial charge in [-0.15, -0.1) is 0 Å². The minimum Gasteiger partial charge on any atom is -0.484 e. The summed E-state index contributed by atoms with van der Waals surface area (Å²) >= 11 is 0. The van der Waals surface area contributed by atoms with Gasteiger partial charge in [-0.25, -0.2) is 0 Å². The van der Waals surface area contributed by atoms with Gasteiger partial charge < -0.3 is 9.64 Å². The highest BCUT2D eigenvalue weighted by Gasteiger charge is 2.36. The number of fused-ring (bicyclic) bond motifs is 8. The molecular formula is C54H37NO. The fourth-order valence-electron chi connectivity index (χ4n) is 8.82. The molecule has 1 aliphatic carbocycles. The molecule has 0 aromatic heterocycles. The summed E-state index contributed by atoms with van der Waals surface area (Å²) in [5, 5.41) is 5.09. The largest absolute Gasteiger partial charge is 0.484 e. The zero-order valence-corrected chi connectivity index (χ0v) is 30.7. The van der Waals surface area contributed by atoms with Crippen molar-refractivity contribution in [2.45, 2.75) is 12.0 Å². The number of anilines is 3. The molecule has 2 heteroatoms. The van der Waals surface area contributed by atoms with Crippen molar-refractivity contribution >= 4 is 44.7 Å². The third-order valence-corrected chi connectivity index (χ3v) is 11.6. The van der Waals surface area contributed by atoms with E-state index in [1.165, 1.54) is 71.6 Å². The van der Waals surface area contributed by atoms with E-state index in [1.54, 1.807) is 0 Å². The summed E-state index contributed by atoms with van der Waals surface area (Å²) < 4.78 is 6.52. The van der Waals surface area contributed by atoms with Crippen LogP contribution in [0.3, 0.4) is 0 Å². The number of hydrogen-bond donors (Lipinski definition) is 0. The second-order valence-electron chi connectivity index (χ2n) is 14.8. The fraction of sp³-hybridized carbons (Fsp3) is 0.0370. The molecule has 0 spiro atoms. The normalized spacial score (nSPS) is 15.2. The van der Waals surface area contributed by atoms with Crippen molar-refractivity contribution in [1.29, 1.82) is 0 Å². The second kappa shape index (κ2) is 13.3. The fourth-order valence-corrected chi connectivity index (χ4v) is 8.82. The van der Waals surface area contributed by atoms with Gasteiger partial charge in [0.15, 0.2) is 0 Å². The van der Waals surface area contributed by atoms with Crippen LogP contribution in [0.5, 0.6) is 5.75 Å². The minimum atomic E-state index is -0.00298. The molecule has 0 fully saturated rings. The number of para-hydroxylation sites is 2. The average molecular weight is 716 g/mol. The van der Waals surface area contributed by atoms with Crippen LogP contribution in [0.15, 0.2) is 206 Å². The SMILES string of the molecule is C1=CC2c3ccccc3OC2c2ccc(-c3ccccc3N(c3ccc(-c4ccccc4)cc3)c3ccc(-c4ccc5c(ccc6ccccc65)c4)cc3)cc21. The first-order chi connectivity index (χ1) is 27.7. The number of nitrogens with zero attached hydrogens (tertiary/aromatic N) is 1. The molecule has 2 nitrogen and oxygen atoms in total.